The van der Waals surface area contributed by atoms with E-state index in [2.05, 4.69) is 0 Å². The highest BCUT2D eigenvalue weighted by Crippen LogP contribution is 2.27. The first-order chi connectivity index (χ1) is 12.4. The number of piperidine rings is 2. The first kappa shape index (κ1) is 18.8. The highest BCUT2D eigenvalue weighted by molar-refractivity contribution is 7.89. The number of aliphatic carboxylic acids is 1. The van der Waals surface area contributed by atoms with E-state index in [-0.39, 0.29) is 29.8 Å². The zero-order valence-electron chi connectivity index (χ0n) is 14.6. The molecule has 8 heteroatoms. The summed E-state index contributed by atoms with van der Waals surface area (Å²) in [5, 5.41) is 9.35. The lowest BCUT2D eigenvalue weighted by molar-refractivity contribution is -0.154. The largest absolute Gasteiger partial charge is 0.480 e. The number of carbonyl (C=O) groups excluding carboxylic acids is 1. The second kappa shape index (κ2) is 7.75. The van der Waals surface area contributed by atoms with E-state index in [0.717, 1.165) is 12.8 Å². The minimum absolute atomic E-state index is 0.145. The summed E-state index contributed by atoms with van der Waals surface area (Å²) < 4.78 is 26.7. The molecule has 0 aliphatic carbocycles. The number of carboxylic acid groups (broad SMARTS) is 1. The molecule has 1 amide bonds. The van der Waals surface area contributed by atoms with Crippen LogP contribution in [0.1, 0.15) is 32.1 Å². The number of carboxylic acids is 1. The fourth-order valence-electron chi connectivity index (χ4n) is 3.77. The van der Waals surface area contributed by atoms with Gasteiger partial charge in [-0.3, -0.25) is 4.79 Å². The van der Waals surface area contributed by atoms with Crippen LogP contribution < -0.4 is 0 Å². The molecule has 1 aromatic carbocycles. The van der Waals surface area contributed by atoms with Crippen molar-refractivity contribution in [3.63, 3.8) is 0 Å². The molecule has 2 heterocycles. The summed E-state index contributed by atoms with van der Waals surface area (Å²) in [5.41, 5.74) is 0. The summed E-state index contributed by atoms with van der Waals surface area (Å²) in [7, 11) is -3.55. The molecule has 3 rings (SSSR count). The molecule has 0 bridgehead atoms. The van der Waals surface area contributed by atoms with Crippen molar-refractivity contribution in [2.45, 2.75) is 43.0 Å². The molecule has 26 heavy (non-hydrogen) atoms. The van der Waals surface area contributed by atoms with E-state index < -0.39 is 22.0 Å². The van der Waals surface area contributed by atoms with E-state index in [1.807, 2.05) is 0 Å². The lowest BCUT2D eigenvalue weighted by Gasteiger charge is -2.38. The summed E-state index contributed by atoms with van der Waals surface area (Å²) >= 11 is 0. The molecule has 2 saturated heterocycles. The van der Waals surface area contributed by atoms with Crippen molar-refractivity contribution < 1.29 is 23.1 Å². The highest BCUT2D eigenvalue weighted by Gasteiger charge is 2.38. The van der Waals surface area contributed by atoms with Gasteiger partial charge < -0.3 is 10.0 Å². The zero-order chi connectivity index (χ0) is 18.7. The summed E-state index contributed by atoms with van der Waals surface area (Å²) in [6, 6.07) is 7.52. The predicted octanol–water partition coefficient (Wildman–Crippen LogP) is 1.55. The molecule has 2 aliphatic rings. The summed E-state index contributed by atoms with van der Waals surface area (Å²) in [6.07, 6.45) is 2.97. The number of amides is 1. The normalized spacial score (nSPS) is 22.9. The Hall–Kier alpha value is -1.93. The molecular weight excluding hydrogens is 356 g/mol. The lowest BCUT2D eigenvalue weighted by Crippen LogP contribution is -2.52. The maximum absolute atomic E-state index is 12.8. The molecule has 0 unspecified atom stereocenters. The van der Waals surface area contributed by atoms with Gasteiger partial charge in [-0.05, 0) is 44.2 Å². The first-order valence-electron chi connectivity index (χ1n) is 9.00. The van der Waals surface area contributed by atoms with Gasteiger partial charge in [0, 0.05) is 25.6 Å². The van der Waals surface area contributed by atoms with Crippen LogP contribution in [0.4, 0.5) is 0 Å². The maximum Gasteiger partial charge on any atom is 0.326 e. The molecule has 1 N–H and O–H groups in total. The number of nitrogens with zero attached hydrogens (tertiary/aromatic N) is 2. The quantitative estimate of drug-likeness (QED) is 0.855. The van der Waals surface area contributed by atoms with Gasteiger partial charge in [-0.25, -0.2) is 13.2 Å². The van der Waals surface area contributed by atoms with Crippen LogP contribution >= 0.6 is 0 Å². The van der Waals surface area contributed by atoms with Crippen molar-refractivity contribution >= 4 is 21.9 Å². The van der Waals surface area contributed by atoms with Crippen LogP contribution in [0, 0.1) is 5.92 Å². The van der Waals surface area contributed by atoms with E-state index in [0.29, 0.717) is 25.8 Å². The van der Waals surface area contributed by atoms with Crippen molar-refractivity contribution in [1.82, 2.24) is 9.21 Å². The van der Waals surface area contributed by atoms with Crippen molar-refractivity contribution in [2.75, 3.05) is 19.6 Å². The Kier molecular flexibility index (Phi) is 5.62. The second-order valence-electron chi connectivity index (χ2n) is 6.87. The average Bonchev–Trinajstić information content (AvgIpc) is 2.68. The first-order valence-corrected chi connectivity index (χ1v) is 10.4. The van der Waals surface area contributed by atoms with Crippen molar-refractivity contribution in [3.05, 3.63) is 30.3 Å². The van der Waals surface area contributed by atoms with Crippen LogP contribution in [0.5, 0.6) is 0 Å². The Morgan fingerprint density at radius 1 is 0.962 bits per heavy atom. The monoisotopic (exact) mass is 380 g/mol. The van der Waals surface area contributed by atoms with Gasteiger partial charge in [-0.15, -0.1) is 0 Å². The molecule has 7 nitrogen and oxygen atoms in total. The molecule has 0 aromatic heterocycles. The topological polar surface area (TPSA) is 95.0 Å². The number of carbonyl (C=O) groups is 2. The van der Waals surface area contributed by atoms with Crippen molar-refractivity contribution in [2.24, 2.45) is 5.92 Å². The summed E-state index contributed by atoms with van der Waals surface area (Å²) in [4.78, 5) is 25.9. The van der Waals surface area contributed by atoms with E-state index in [1.165, 1.54) is 9.21 Å². The number of hydrogen-bond acceptors (Lipinski definition) is 4. The Bertz CT molecular complexity index is 757. The molecule has 0 saturated carbocycles. The molecule has 0 spiro atoms. The summed E-state index contributed by atoms with van der Waals surface area (Å²) in [5.74, 6) is -1.41. The summed E-state index contributed by atoms with van der Waals surface area (Å²) in [6.45, 7) is 1.02. The third-order valence-electron chi connectivity index (χ3n) is 5.26. The maximum atomic E-state index is 12.8. The Morgan fingerprint density at radius 2 is 1.62 bits per heavy atom. The zero-order valence-corrected chi connectivity index (χ0v) is 15.4. The molecule has 0 radical (unpaired) electrons. The number of benzene rings is 1. The third kappa shape index (κ3) is 3.76. The standard InChI is InChI=1S/C18H24N2O5S/c21-17(20-11-5-4-8-16(20)18(22)23)14-9-12-19(13-10-14)26(24,25)15-6-2-1-3-7-15/h1-3,6-7,14,16H,4-5,8-13H2,(H,22,23)/t16-/m0/s1. The Morgan fingerprint density at radius 3 is 2.23 bits per heavy atom. The van der Waals surface area contributed by atoms with Gasteiger partial charge in [0.25, 0.3) is 0 Å². The fourth-order valence-corrected chi connectivity index (χ4v) is 5.26. The van der Waals surface area contributed by atoms with Crippen LogP contribution in [0.25, 0.3) is 0 Å². The van der Waals surface area contributed by atoms with Crippen LogP contribution in [-0.4, -0.2) is 60.3 Å². The smallest absolute Gasteiger partial charge is 0.326 e. The van der Waals surface area contributed by atoms with Gasteiger partial charge in [0.2, 0.25) is 15.9 Å². The Labute approximate surface area is 153 Å². The van der Waals surface area contributed by atoms with Crippen LogP contribution in [0.2, 0.25) is 0 Å². The number of rotatable bonds is 4. The SMILES string of the molecule is O=C(O)[C@@H]1CCCCN1C(=O)C1CCN(S(=O)(=O)c2ccccc2)CC1. The van der Waals surface area contributed by atoms with E-state index in [4.69, 9.17) is 0 Å². The number of likely N-dealkylation sites (tertiary alicyclic amines) is 1. The predicted molar refractivity (Wildman–Crippen MR) is 94.9 cm³/mol. The Balaban J connectivity index is 1.65. The van der Waals surface area contributed by atoms with Gasteiger partial charge in [-0.2, -0.15) is 4.31 Å². The second-order valence-corrected chi connectivity index (χ2v) is 8.81. The van der Waals surface area contributed by atoms with Gasteiger partial charge in [-0.1, -0.05) is 18.2 Å². The molecule has 142 valence electrons. The van der Waals surface area contributed by atoms with Gasteiger partial charge in [0.05, 0.1) is 4.90 Å². The minimum Gasteiger partial charge on any atom is -0.480 e. The van der Waals surface area contributed by atoms with Crippen molar-refractivity contribution in [3.8, 4) is 0 Å². The fraction of sp³-hybridized carbons (Fsp3) is 0.556. The van der Waals surface area contributed by atoms with Gasteiger partial charge in [0.15, 0.2) is 0 Å². The number of hydrogen-bond donors (Lipinski definition) is 1. The van der Waals surface area contributed by atoms with Crippen molar-refractivity contribution in [1.29, 1.82) is 0 Å². The lowest BCUT2D eigenvalue weighted by atomic mass is 9.93. The van der Waals surface area contributed by atoms with E-state index >= 15 is 0 Å². The van der Waals surface area contributed by atoms with Crippen LogP contribution in [-0.2, 0) is 19.6 Å². The average molecular weight is 380 g/mol. The van der Waals surface area contributed by atoms with Gasteiger partial charge in [0.1, 0.15) is 6.04 Å². The van der Waals surface area contributed by atoms with Crippen LogP contribution in [0.15, 0.2) is 35.2 Å². The van der Waals surface area contributed by atoms with E-state index in [1.54, 1.807) is 30.3 Å². The van der Waals surface area contributed by atoms with E-state index in [9.17, 15) is 23.1 Å². The molecule has 1 atom stereocenters. The number of sulfonamides is 1. The molecule has 2 aliphatic heterocycles. The highest BCUT2D eigenvalue weighted by atomic mass is 32.2. The third-order valence-corrected chi connectivity index (χ3v) is 7.17. The molecule has 1 aromatic rings. The van der Waals surface area contributed by atoms with Gasteiger partial charge >= 0.3 is 5.97 Å². The minimum atomic E-state index is -3.55. The molecule has 2 fully saturated rings. The molecular formula is C18H24N2O5S. The van der Waals surface area contributed by atoms with Crippen LogP contribution in [0.3, 0.4) is 0 Å².